The molecule has 0 spiro atoms. The van der Waals surface area contributed by atoms with Crippen molar-refractivity contribution in [3.05, 3.63) is 30.4 Å². The summed E-state index contributed by atoms with van der Waals surface area (Å²) in [7, 11) is 0. The van der Waals surface area contributed by atoms with Gasteiger partial charge in [-0.1, -0.05) is 5.16 Å². The van der Waals surface area contributed by atoms with Gasteiger partial charge in [0.1, 0.15) is 6.26 Å². The molecule has 2 aromatic rings. The van der Waals surface area contributed by atoms with E-state index in [1.807, 2.05) is 0 Å². The predicted octanol–water partition coefficient (Wildman–Crippen LogP) is 1.39. The fraction of sp³-hybridized carbons (Fsp3) is 0.125. The van der Waals surface area contributed by atoms with E-state index in [0.717, 1.165) is 11.3 Å². The summed E-state index contributed by atoms with van der Waals surface area (Å²) in [4.78, 5) is 0. The molecule has 0 unspecified atom stereocenters. The minimum absolute atomic E-state index is 0.390. The molecule has 0 amide bonds. The molecule has 62 valence electrons. The molecule has 2 aromatic heterocycles. The zero-order chi connectivity index (χ0) is 8.39. The SMILES string of the molecule is NCc1cc(-c2ccoc2)on1. The first-order valence-electron chi connectivity index (χ1n) is 3.58. The zero-order valence-electron chi connectivity index (χ0n) is 6.36. The zero-order valence-corrected chi connectivity index (χ0v) is 6.36. The van der Waals surface area contributed by atoms with Gasteiger partial charge in [0.05, 0.1) is 17.5 Å². The van der Waals surface area contributed by atoms with Crippen molar-refractivity contribution >= 4 is 0 Å². The average molecular weight is 164 g/mol. The van der Waals surface area contributed by atoms with Gasteiger partial charge in [-0.15, -0.1) is 0 Å². The molecule has 0 atom stereocenters. The van der Waals surface area contributed by atoms with Crippen LogP contribution in [0.15, 0.2) is 33.6 Å². The largest absolute Gasteiger partial charge is 0.472 e. The molecule has 0 saturated heterocycles. The molecule has 12 heavy (non-hydrogen) atoms. The van der Waals surface area contributed by atoms with Gasteiger partial charge in [-0.05, 0) is 6.07 Å². The number of aromatic nitrogens is 1. The normalized spacial score (nSPS) is 10.4. The van der Waals surface area contributed by atoms with Crippen LogP contribution in [0.4, 0.5) is 0 Å². The van der Waals surface area contributed by atoms with Crippen molar-refractivity contribution < 1.29 is 8.94 Å². The third-order valence-electron chi connectivity index (χ3n) is 1.57. The van der Waals surface area contributed by atoms with Crippen molar-refractivity contribution in [2.75, 3.05) is 0 Å². The monoisotopic (exact) mass is 164 g/mol. The summed E-state index contributed by atoms with van der Waals surface area (Å²) in [5, 5.41) is 3.75. The molecule has 0 aromatic carbocycles. The van der Waals surface area contributed by atoms with Gasteiger partial charge in [0.25, 0.3) is 0 Å². The Morgan fingerprint density at radius 2 is 2.42 bits per heavy atom. The molecule has 0 bridgehead atoms. The Kier molecular flexibility index (Phi) is 1.68. The van der Waals surface area contributed by atoms with Crippen LogP contribution in [0.5, 0.6) is 0 Å². The van der Waals surface area contributed by atoms with Crippen LogP contribution in [0, 0.1) is 0 Å². The molecule has 2 N–H and O–H groups in total. The quantitative estimate of drug-likeness (QED) is 0.728. The van der Waals surface area contributed by atoms with Crippen molar-refractivity contribution in [2.24, 2.45) is 5.73 Å². The van der Waals surface area contributed by atoms with E-state index >= 15 is 0 Å². The van der Waals surface area contributed by atoms with E-state index in [2.05, 4.69) is 5.16 Å². The summed E-state index contributed by atoms with van der Waals surface area (Å²) in [6.45, 7) is 0.390. The van der Waals surface area contributed by atoms with E-state index in [9.17, 15) is 0 Å². The van der Waals surface area contributed by atoms with Crippen LogP contribution in [-0.2, 0) is 6.54 Å². The molecule has 0 aliphatic carbocycles. The highest BCUT2D eigenvalue weighted by atomic mass is 16.5. The summed E-state index contributed by atoms with van der Waals surface area (Å²) in [6.07, 6.45) is 3.18. The van der Waals surface area contributed by atoms with Crippen molar-refractivity contribution in [2.45, 2.75) is 6.54 Å². The summed E-state index contributed by atoms with van der Waals surface area (Å²) in [5.41, 5.74) is 6.99. The van der Waals surface area contributed by atoms with Gasteiger partial charge in [-0.3, -0.25) is 0 Å². The molecular weight excluding hydrogens is 156 g/mol. The van der Waals surface area contributed by atoms with E-state index in [-0.39, 0.29) is 0 Å². The van der Waals surface area contributed by atoms with Gasteiger partial charge >= 0.3 is 0 Å². The number of rotatable bonds is 2. The fourth-order valence-corrected chi connectivity index (χ4v) is 0.949. The van der Waals surface area contributed by atoms with Crippen LogP contribution in [-0.4, -0.2) is 5.16 Å². The van der Waals surface area contributed by atoms with Crippen LogP contribution in [0.1, 0.15) is 5.69 Å². The number of nitrogens with zero attached hydrogens (tertiary/aromatic N) is 1. The minimum atomic E-state index is 0.390. The average Bonchev–Trinajstić information content (AvgIpc) is 2.75. The number of nitrogens with two attached hydrogens (primary N) is 1. The minimum Gasteiger partial charge on any atom is -0.472 e. The highest BCUT2D eigenvalue weighted by Gasteiger charge is 2.05. The lowest BCUT2D eigenvalue weighted by Crippen LogP contribution is -1.94. The Balaban J connectivity index is 2.35. The van der Waals surface area contributed by atoms with E-state index in [4.69, 9.17) is 14.7 Å². The smallest absolute Gasteiger partial charge is 0.170 e. The van der Waals surface area contributed by atoms with E-state index in [1.54, 1.807) is 24.7 Å². The van der Waals surface area contributed by atoms with Crippen molar-refractivity contribution in [3.8, 4) is 11.3 Å². The summed E-state index contributed by atoms with van der Waals surface area (Å²) in [5.74, 6) is 0.684. The number of hydrogen-bond donors (Lipinski definition) is 1. The van der Waals surface area contributed by atoms with E-state index < -0.39 is 0 Å². The lowest BCUT2D eigenvalue weighted by Gasteiger charge is -1.82. The van der Waals surface area contributed by atoms with E-state index in [1.165, 1.54) is 0 Å². The molecule has 2 rings (SSSR count). The Morgan fingerprint density at radius 1 is 1.50 bits per heavy atom. The van der Waals surface area contributed by atoms with Crippen LogP contribution < -0.4 is 5.73 Å². The van der Waals surface area contributed by atoms with E-state index in [0.29, 0.717) is 12.3 Å². The molecule has 0 radical (unpaired) electrons. The second kappa shape index (κ2) is 2.83. The maximum absolute atomic E-state index is 5.37. The first kappa shape index (κ1) is 7.12. The Labute approximate surface area is 69.0 Å². The standard InChI is InChI=1S/C8H8N2O2/c9-4-7-3-8(12-10-7)6-1-2-11-5-6/h1-3,5H,4,9H2. The molecule has 4 nitrogen and oxygen atoms in total. The molecular formula is C8H8N2O2. The van der Waals surface area contributed by atoms with Gasteiger partial charge in [0, 0.05) is 12.6 Å². The molecule has 0 aliphatic heterocycles. The van der Waals surface area contributed by atoms with Gasteiger partial charge < -0.3 is 14.7 Å². The van der Waals surface area contributed by atoms with Crippen LogP contribution >= 0.6 is 0 Å². The Bertz CT molecular complexity index is 351. The van der Waals surface area contributed by atoms with Gasteiger partial charge in [0.2, 0.25) is 0 Å². The van der Waals surface area contributed by atoms with Crippen LogP contribution in [0.3, 0.4) is 0 Å². The molecule has 0 saturated carbocycles. The van der Waals surface area contributed by atoms with Crippen LogP contribution in [0.2, 0.25) is 0 Å². The second-order valence-corrected chi connectivity index (χ2v) is 2.40. The summed E-state index contributed by atoms with van der Waals surface area (Å²) >= 11 is 0. The van der Waals surface area contributed by atoms with Gasteiger partial charge in [0.15, 0.2) is 5.76 Å². The maximum atomic E-state index is 5.37. The molecule has 0 fully saturated rings. The summed E-state index contributed by atoms with van der Waals surface area (Å²) < 4.78 is 9.90. The predicted molar refractivity (Wildman–Crippen MR) is 42.1 cm³/mol. The van der Waals surface area contributed by atoms with Crippen LogP contribution in [0.25, 0.3) is 11.3 Å². The second-order valence-electron chi connectivity index (χ2n) is 2.40. The number of furan rings is 1. The molecule has 2 heterocycles. The third-order valence-corrected chi connectivity index (χ3v) is 1.57. The fourth-order valence-electron chi connectivity index (χ4n) is 0.949. The Morgan fingerprint density at radius 3 is 3.00 bits per heavy atom. The first-order valence-corrected chi connectivity index (χ1v) is 3.58. The van der Waals surface area contributed by atoms with Crippen molar-refractivity contribution in [1.82, 2.24) is 5.16 Å². The molecule has 0 aliphatic rings. The Hall–Kier alpha value is -1.55. The van der Waals surface area contributed by atoms with Gasteiger partial charge in [-0.2, -0.15) is 0 Å². The lowest BCUT2D eigenvalue weighted by molar-refractivity contribution is 0.423. The van der Waals surface area contributed by atoms with Crippen molar-refractivity contribution in [1.29, 1.82) is 0 Å². The highest BCUT2D eigenvalue weighted by molar-refractivity contribution is 5.55. The van der Waals surface area contributed by atoms with Gasteiger partial charge in [-0.25, -0.2) is 0 Å². The lowest BCUT2D eigenvalue weighted by atomic mass is 10.2. The third kappa shape index (κ3) is 1.12. The maximum Gasteiger partial charge on any atom is 0.170 e. The number of hydrogen-bond acceptors (Lipinski definition) is 4. The van der Waals surface area contributed by atoms with Crippen molar-refractivity contribution in [3.63, 3.8) is 0 Å². The molecule has 4 heteroatoms. The topological polar surface area (TPSA) is 65.2 Å². The highest BCUT2D eigenvalue weighted by Crippen LogP contribution is 2.19. The summed E-state index contributed by atoms with van der Waals surface area (Å²) in [6, 6.07) is 3.60. The first-order chi connectivity index (χ1) is 5.90.